The minimum atomic E-state index is -0.360. The first-order valence-corrected chi connectivity index (χ1v) is 10.3. The molecule has 0 aliphatic rings. The number of hydrazine groups is 1. The fraction of sp³-hybridized carbons (Fsp3) is 0.0909. The van der Waals surface area contributed by atoms with E-state index in [0.29, 0.717) is 16.3 Å². The van der Waals surface area contributed by atoms with Crippen LogP contribution in [-0.2, 0) is 4.79 Å². The number of nitrogens with one attached hydrogen (secondary N) is 3. The minimum absolute atomic E-state index is 0.00709. The first-order chi connectivity index (χ1) is 14.5. The van der Waals surface area contributed by atoms with Gasteiger partial charge >= 0.3 is 0 Å². The number of hydrogen-bond donors (Lipinski definition) is 4. The Hall–Kier alpha value is -2.71. The molecule has 3 rings (SSSR count). The van der Waals surface area contributed by atoms with Crippen molar-refractivity contribution in [3.05, 3.63) is 99.0 Å². The van der Waals surface area contributed by atoms with Crippen molar-refractivity contribution in [2.45, 2.75) is 6.04 Å². The van der Waals surface area contributed by atoms with Crippen LogP contribution in [0.15, 0.2) is 77.3 Å². The van der Waals surface area contributed by atoms with Crippen molar-refractivity contribution in [2.75, 3.05) is 11.9 Å². The van der Waals surface area contributed by atoms with Crippen LogP contribution >= 0.6 is 27.5 Å². The molecule has 0 heterocycles. The highest BCUT2D eigenvalue weighted by atomic mass is 79.9. The molecule has 5 N–H and O–H groups in total. The second kappa shape index (κ2) is 10.4. The summed E-state index contributed by atoms with van der Waals surface area (Å²) in [5.41, 5.74) is 4.95. The van der Waals surface area contributed by atoms with Crippen LogP contribution in [0.1, 0.15) is 27.5 Å². The van der Waals surface area contributed by atoms with E-state index in [1.807, 2.05) is 48.5 Å². The fourth-order valence-corrected chi connectivity index (χ4v) is 3.49. The van der Waals surface area contributed by atoms with E-state index in [4.69, 9.17) is 17.4 Å². The van der Waals surface area contributed by atoms with Gasteiger partial charge in [0.1, 0.15) is 0 Å². The molecule has 0 radical (unpaired) electrons. The van der Waals surface area contributed by atoms with Gasteiger partial charge in [-0.05, 0) is 53.6 Å². The van der Waals surface area contributed by atoms with Crippen molar-refractivity contribution < 1.29 is 9.59 Å². The first-order valence-electron chi connectivity index (χ1n) is 9.12. The predicted molar refractivity (Wildman–Crippen MR) is 122 cm³/mol. The summed E-state index contributed by atoms with van der Waals surface area (Å²) in [6.07, 6.45) is 0. The normalized spacial score (nSPS) is 11.6. The van der Waals surface area contributed by atoms with Crippen molar-refractivity contribution >= 4 is 45.0 Å². The van der Waals surface area contributed by atoms with Crippen LogP contribution in [0.2, 0.25) is 5.02 Å². The molecule has 6 nitrogen and oxygen atoms in total. The quantitative estimate of drug-likeness (QED) is 0.230. The van der Waals surface area contributed by atoms with Gasteiger partial charge in [-0.25, -0.2) is 5.84 Å². The summed E-state index contributed by atoms with van der Waals surface area (Å²) in [6, 6.07) is 21.5. The molecule has 0 aliphatic carbocycles. The standard InChI is InChI=1S/C22H20BrClN4O2/c23-16-8-11-19(27-22(30)15-6-9-17(24)10-7-15)18(12-16)21(26-13-20(29)28-25)14-4-2-1-3-5-14/h1-12,21,26H,13,25H2,(H,27,30)(H,28,29). The summed E-state index contributed by atoms with van der Waals surface area (Å²) >= 11 is 9.41. The molecule has 1 atom stereocenters. The summed E-state index contributed by atoms with van der Waals surface area (Å²) in [7, 11) is 0. The van der Waals surface area contributed by atoms with Gasteiger partial charge in [-0.3, -0.25) is 20.3 Å². The monoisotopic (exact) mass is 486 g/mol. The molecule has 0 aliphatic heterocycles. The lowest BCUT2D eigenvalue weighted by Gasteiger charge is -2.23. The summed E-state index contributed by atoms with van der Waals surface area (Å²) < 4.78 is 0.841. The Labute approximate surface area is 187 Å². The molecule has 0 spiro atoms. The lowest BCUT2D eigenvalue weighted by molar-refractivity contribution is -0.120. The third-order valence-electron chi connectivity index (χ3n) is 4.44. The number of hydrogen-bond acceptors (Lipinski definition) is 4. The molecule has 8 heteroatoms. The van der Waals surface area contributed by atoms with E-state index < -0.39 is 0 Å². The number of amides is 2. The molecular weight excluding hydrogens is 468 g/mol. The largest absolute Gasteiger partial charge is 0.322 e. The van der Waals surface area contributed by atoms with Crippen LogP contribution in [-0.4, -0.2) is 18.4 Å². The summed E-state index contributed by atoms with van der Waals surface area (Å²) in [5.74, 6) is 4.61. The lowest BCUT2D eigenvalue weighted by Crippen LogP contribution is -2.39. The fourth-order valence-electron chi connectivity index (χ4n) is 2.98. The Balaban J connectivity index is 1.96. The molecule has 30 heavy (non-hydrogen) atoms. The van der Waals surface area contributed by atoms with Gasteiger partial charge in [0, 0.05) is 20.7 Å². The second-order valence-electron chi connectivity index (χ2n) is 6.48. The summed E-state index contributed by atoms with van der Waals surface area (Å²) in [6.45, 7) is 0.00709. The molecule has 0 saturated carbocycles. The summed E-state index contributed by atoms with van der Waals surface area (Å²) in [4.78, 5) is 24.5. The van der Waals surface area contributed by atoms with Crippen LogP contribution in [0.25, 0.3) is 0 Å². The summed E-state index contributed by atoms with van der Waals surface area (Å²) in [5, 5.41) is 6.72. The van der Waals surface area contributed by atoms with Crippen LogP contribution in [0.3, 0.4) is 0 Å². The Morgan fingerprint density at radius 3 is 2.37 bits per heavy atom. The molecule has 0 aromatic heterocycles. The highest BCUT2D eigenvalue weighted by Crippen LogP contribution is 2.31. The number of halogens is 2. The molecule has 3 aromatic rings. The van der Waals surface area contributed by atoms with Gasteiger partial charge in [-0.2, -0.15) is 0 Å². The van der Waals surface area contributed by atoms with Crippen molar-refractivity contribution in [3.63, 3.8) is 0 Å². The molecule has 2 amide bonds. The van der Waals surface area contributed by atoms with E-state index in [1.54, 1.807) is 24.3 Å². The second-order valence-corrected chi connectivity index (χ2v) is 7.84. The highest BCUT2D eigenvalue weighted by Gasteiger charge is 2.20. The van der Waals surface area contributed by atoms with Gasteiger partial charge in [0.25, 0.3) is 5.91 Å². The van der Waals surface area contributed by atoms with Crippen molar-refractivity contribution in [2.24, 2.45) is 5.84 Å². The lowest BCUT2D eigenvalue weighted by atomic mass is 9.96. The van der Waals surface area contributed by atoms with Crippen molar-refractivity contribution in [3.8, 4) is 0 Å². The molecular formula is C22H20BrClN4O2. The number of carbonyl (C=O) groups excluding carboxylic acids is 2. The molecule has 3 aromatic carbocycles. The number of anilines is 1. The SMILES string of the molecule is NNC(=O)CNC(c1ccccc1)c1cc(Br)ccc1NC(=O)c1ccc(Cl)cc1. The van der Waals surface area contributed by atoms with Crippen LogP contribution in [0.4, 0.5) is 5.69 Å². The third kappa shape index (κ3) is 5.67. The van der Waals surface area contributed by atoms with E-state index in [1.165, 1.54) is 0 Å². The average Bonchev–Trinajstić information content (AvgIpc) is 2.76. The van der Waals surface area contributed by atoms with Gasteiger partial charge in [-0.15, -0.1) is 0 Å². The average molecular weight is 488 g/mol. The predicted octanol–water partition coefficient (Wildman–Crippen LogP) is 4.02. The number of benzene rings is 3. The number of carbonyl (C=O) groups is 2. The Kier molecular flexibility index (Phi) is 7.59. The maximum Gasteiger partial charge on any atom is 0.255 e. The molecule has 0 saturated heterocycles. The van der Waals surface area contributed by atoms with Gasteiger partial charge < -0.3 is 5.32 Å². The molecule has 0 bridgehead atoms. The van der Waals surface area contributed by atoms with E-state index in [0.717, 1.165) is 15.6 Å². The number of rotatable bonds is 7. The molecule has 154 valence electrons. The maximum absolute atomic E-state index is 12.8. The Morgan fingerprint density at radius 2 is 1.70 bits per heavy atom. The van der Waals surface area contributed by atoms with E-state index in [-0.39, 0.29) is 24.4 Å². The van der Waals surface area contributed by atoms with Gasteiger partial charge in [-0.1, -0.05) is 57.9 Å². The first kappa shape index (κ1) is 22.0. The number of nitrogens with two attached hydrogens (primary N) is 1. The molecule has 1 unspecified atom stereocenters. The van der Waals surface area contributed by atoms with Gasteiger partial charge in [0.2, 0.25) is 5.91 Å². The van der Waals surface area contributed by atoms with Gasteiger partial charge in [0.15, 0.2) is 0 Å². The van der Waals surface area contributed by atoms with Crippen LogP contribution < -0.4 is 21.9 Å². The third-order valence-corrected chi connectivity index (χ3v) is 5.19. The highest BCUT2D eigenvalue weighted by molar-refractivity contribution is 9.10. The Bertz CT molecular complexity index is 1030. The van der Waals surface area contributed by atoms with E-state index in [9.17, 15) is 9.59 Å². The minimum Gasteiger partial charge on any atom is -0.322 e. The van der Waals surface area contributed by atoms with Crippen molar-refractivity contribution in [1.29, 1.82) is 0 Å². The van der Waals surface area contributed by atoms with Crippen LogP contribution in [0, 0.1) is 0 Å². The Morgan fingerprint density at radius 1 is 1.00 bits per heavy atom. The van der Waals surface area contributed by atoms with Crippen molar-refractivity contribution in [1.82, 2.24) is 10.7 Å². The van der Waals surface area contributed by atoms with E-state index in [2.05, 4.69) is 32.0 Å². The zero-order valence-corrected chi connectivity index (χ0v) is 18.2. The van der Waals surface area contributed by atoms with E-state index >= 15 is 0 Å². The zero-order valence-electron chi connectivity index (χ0n) is 15.9. The zero-order chi connectivity index (χ0) is 21.5. The smallest absolute Gasteiger partial charge is 0.255 e. The van der Waals surface area contributed by atoms with Gasteiger partial charge in [0.05, 0.1) is 12.6 Å². The molecule has 0 fully saturated rings. The maximum atomic E-state index is 12.8. The van der Waals surface area contributed by atoms with Crippen LogP contribution in [0.5, 0.6) is 0 Å². The topological polar surface area (TPSA) is 96.2 Å².